The average molecular weight is 474 g/mol. The number of benzene rings is 2. The number of nitrogens with one attached hydrogen (secondary N) is 1. The minimum Gasteiger partial charge on any atom is -0.462 e. The van der Waals surface area contributed by atoms with Gasteiger partial charge in [-0.05, 0) is 43.7 Å². The molecule has 0 bridgehead atoms. The van der Waals surface area contributed by atoms with E-state index in [1.165, 1.54) is 35.6 Å². The van der Waals surface area contributed by atoms with Crippen LogP contribution in [0.3, 0.4) is 0 Å². The summed E-state index contributed by atoms with van der Waals surface area (Å²) in [6, 6.07) is 14.9. The molecular formula is C22H23N3O5S2. The second kappa shape index (κ2) is 10.0. The number of amides is 1. The van der Waals surface area contributed by atoms with Gasteiger partial charge in [-0.25, -0.2) is 18.2 Å². The molecular weight excluding hydrogens is 450 g/mol. The number of thiazole rings is 1. The lowest BCUT2D eigenvalue weighted by Crippen LogP contribution is -2.26. The fourth-order valence-corrected chi connectivity index (χ4v) is 4.90. The number of sulfonamides is 1. The minimum atomic E-state index is -3.72. The molecule has 10 heteroatoms. The Labute approximate surface area is 190 Å². The maximum absolute atomic E-state index is 12.8. The van der Waals surface area contributed by atoms with Crippen LogP contribution >= 0.6 is 11.3 Å². The van der Waals surface area contributed by atoms with Crippen molar-refractivity contribution in [3.8, 4) is 0 Å². The van der Waals surface area contributed by atoms with Gasteiger partial charge in [-0.2, -0.15) is 4.31 Å². The van der Waals surface area contributed by atoms with Gasteiger partial charge in [-0.15, -0.1) is 0 Å². The van der Waals surface area contributed by atoms with Gasteiger partial charge < -0.3 is 4.74 Å². The van der Waals surface area contributed by atoms with Gasteiger partial charge in [-0.1, -0.05) is 41.7 Å². The number of hydrogen-bond donors (Lipinski definition) is 1. The van der Waals surface area contributed by atoms with Gasteiger partial charge >= 0.3 is 5.97 Å². The Hall–Kier alpha value is -3.08. The number of aromatic nitrogens is 1. The predicted molar refractivity (Wildman–Crippen MR) is 122 cm³/mol. The van der Waals surface area contributed by atoms with E-state index in [-0.39, 0.29) is 28.7 Å². The molecule has 1 amide bonds. The van der Waals surface area contributed by atoms with Crippen LogP contribution in [-0.2, 0) is 21.3 Å². The van der Waals surface area contributed by atoms with Gasteiger partial charge in [0.15, 0.2) is 5.13 Å². The number of carbonyl (C=O) groups excluding carboxylic acids is 2. The number of nitrogens with zero attached hydrogens (tertiary/aromatic N) is 2. The van der Waals surface area contributed by atoms with Crippen molar-refractivity contribution in [3.05, 3.63) is 76.3 Å². The van der Waals surface area contributed by atoms with Crippen LogP contribution in [0.2, 0.25) is 0 Å². The maximum atomic E-state index is 12.8. The van der Waals surface area contributed by atoms with Gasteiger partial charge in [-0.3, -0.25) is 10.1 Å². The van der Waals surface area contributed by atoms with Crippen LogP contribution in [-0.4, -0.2) is 43.2 Å². The van der Waals surface area contributed by atoms with E-state index >= 15 is 0 Å². The lowest BCUT2D eigenvalue weighted by atomic mass is 10.2. The van der Waals surface area contributed by atoms with Crippen LogP contribution in [0.25, 0.3) is 0 Å². The third-order valence-corrected chi connectivity index (χ3v) is 7.42. The van der Waals surface area contributed by atoms with E-state index in [0.29, 0.717) is 10.6 Å². The summed E-state index contributed by atoms with van der Waals surface area (Å²) in [4.78, 5) is 29.0. The van der Waals surface area contributed by atoms with Crippen LogP contribution in [0, 0.1) is 6.92 Å². The first-order valence-electron chi connectivity index (χ1n) is 9.78. The quantitative estimate of drug-likeness (QED) is 0.500. The highest BCUT2D eigenvalue weighted by Gasteiger charge is 2.22. The van der Waals surface area contributed by atoms with Crippen LogP contribution in [0.5, 0.6) is 0 Å². The SMILES string of the molecule is CCOC(=O)c1sc(NC(=O)c2ccc(S(=O)(=O)N(C)Cc3ccccc3)cc2)nc1C. The Morgan fingerprint density at radius 1 is 1.09 bits per heavy atom. The summed E-state index contributed by atoms with van der Waals surface area (Å²) < 4.78 is 31.9. The molecule has 8 nitrogen and oxygen atoms in total. The smallest absolute Gasteiger partial charge is 0.350 e. The van der Waals surface area contributed by atoms with Gasteiger partial charge in [0.05, 0.1) is 17.2 Å². The summed E-state index contributed by atoms with van der Waals surface area (Å²) in [6.45, 7) is 3.84. The summed E-state index contributed by atoms with van der Waals surface area (Å²) in [6.07, 6.45) is 0. The molecule has 0 aliphatic rings. The topological polar surface area (TPSA) is 106 Å². The summed E-state index contributed by atoms with van der Waals surface area (Å²) in [5.41, 5.74) is 1.60. The highest BCUT2D eigenvalue weighted by Crippen LogP contribution is 2.24. The lowest BCUT2D eigenvalue weighted by Gasteiger charge is -2.17. The Morgan fingerprint density at radius 3 is 2.38 bits per heavy atom. The number of ether oxygens (including phenoxy) is 1. The number of carbonyl (C=O) groups is 2. The van der Waals surface area contributed by atoms with E-state index in [1.54, 1.807) is 13.8 Å². The lowest BCUT2D eigenvalue weighted by molar-refractivity contribution is 0.0531. The van der Waals surface area contributed by atoms with Gasteiger partial charge in [0.25, 0.3) is 5.91 Å². The maximum Gasteiger partial charge on any atom is 0.350 e. The Bertz CT molecular complexity index is 1210. The summed E-state index contributed by atoms with van der Waals surface area (Å²) >= 11 is 1.02. The molecule has 1 aromatic heterocycles. The third kappa shape index (κ3) is 5.39. The van der Waals surface area contributed by atoms with Crippen molar-refractivity contribution in [2.24, 2.45) is 0 Å². The number of anilines is 1. The minimum absolute atomic E-state index is 0.0853. The van der Waals surface area contributed by atoms with Gasteiger partial charge in [0, 0.05) is 19.2 Å². The molecule has 168 valence electrons. The van der Waals surface area contributed by atoms with E-state index in [4.69, 9.17) is 4.74 Å². The number of aryl methyl sites for hydroxylation is 1. The molecule has 3 aromatic rings. The van der Waals surface area contributed by atoms with Crippen molar-refractivity contribution in [2.75, 3.05) is 19.0 Å². The first-order valence-corrected chi connectivity index (χ1v) is 12.0. The molecule has 0 saturated heterocycles. The molecule has 0 atom stereocenters. The van der Waals surface area contributed by atoms with Crippen molar-refractivity contribution in [3.63, 3.8) is 0 Å². The molecule has 0 spiro atoms. The van der Waals surface area contributed by atoms with Crippen molar-refractivity contribution >= 4 is 38.4 Å². The number of rotatable bonds is 8. The Balaban J connectivity index is 1.70. The number of hydrogen-bond acceptors (Lipinski definition) is 7. The molecule has 1 N–H and O–H groups in total. The fourth-order valence-electron chi connectivity index (χ4n) is 2.89. The van der Waals surface area contributed by atoms with E-state index in [2.05, 4.69) is 10.3 Å². The molecule has 0 fully saturated rings. The summed E-state index contributed by atoms with van der Waals surface area (Å²) in [5, 5.41) is 2.89. The van der Waals surface area contributed by atoms with Crippen molar-refractivity contribution < 1.29 is 22.7 Å². The first kappa shape index (κ1) is 23.6. The van der Waals surface area contributed by atoms with Gasteiger partial charge in [0.1, 0.15) is 4.88 Å². The molecule has 2 aromatic carbocycles. The monoisotopic (exact) mass is 473 g/mol. The molecule has 32 heavy (non-hydrogen) atoms. The van der Waals surface area contributed by atoms with Crippen LogP contribution in [0.1, 0.15) is 38.2 Å². The fraction of sp³-hybridized carbons (Fsp3) is 0.227. The molecule has 0 aliphatic carbocycles. The van der Waals surface area contributed by atoms with Crippen molar-refractivity contribution in [2.45, 2.75) is 25.3 Å². The van der Waals surface area contributed by atoms with Gasteiger partial charge in [0.2, 0.25) is 10.0 Å². The third-order valence-electron chi connectivity index (χ3n) is 4.55. The summed E-state index contributed by atoms with van der Waals surface area (Å²) in [5.74, 6) is -0.951. The largest absolute Gasteiger partial charge is 0.462 e. The Kier molecular flexibility index (Phi) is 7.39. The standard InChI is InChI=1S/C22H23N3O5S2/c1-4-30-21(27)19-15(2)23-22(31-19)24-20(26)17-10-12-18(13-11-17)32(28,29)25(3)14-16-8-6-5-7-9-16/h5-13H,4,14H2,1-3H3,(H,23,24,26). The van der Waals surface area contributed by atoms with E-state index < -0.39 is 21.9 Å². The zero-order valence-corrected chi connectivity index (χ0v) is 19.5. The normalized spacial score (nSPS) is 11.4. The highest BCUT2D eigenvalue weighted by atomic mass is 32.2. The summed E-state index contributed by atoms with van der Waals surface area (Å²) in [7, 11) is -2.21. The van der Waals surface area contributed by atoms with E-state index in [9.17, 15) is 18.0 Å². The zero-order chi connectivity index (χ0) is 23.3. The molecule has 0 unspecified atom stereocenters. The molecule has 0 aliphatic heterocycles. The second-order valence-corrected chi connectivity index (χ2v) is 9.92. The molecule has 0 radical (unpaired) electrons. The van der Waals surface area contributed by atoms with E-state index in [0.717, 1.165) is 16.9 Å². The molecule has 1 heterocycles. The van der Waals surface area contributed by atoms with Crippen molar-refractivity contribution in [1.82, 2.24) is 9.29 Å². The molecule has 0 saturated carbocycles. The van der Waals surface area contributed by atoms with Crippen LogP contribution in [0.4, 0.5) is 5.13 Å². The second-order valence-electron chi connectivity index (χ2n) is 6.88. The zero-order valence-electron chi connectivity index (χ0n) is 17.9. The van der Waals surface area contributed by atoms with Crippen molar-refractivity contribution in [1.29, 1.82) is 0 Å². The molecule has 3 rings (SSSR count). The highest BCUT2D eigenvalue weighted by molar-refractivity contribution is 7.89. The number of esters is 1. The van der Waals surface area contributed by atoms with E-state index in [1.807, 2.05) is 30.3 Å². The average Bonchev–Trinajstić information content (AvgIpc) is 3.14. The van der Waals surface area contributed by atoms with Crippen LogP contribution in [0.15, 0.2) is 59.5 Å². The Morgan fingerprint density at radius 2 is 1.75 bits per heavy atom. The van der Waals surface area contributed by atoms with Crippen LogP contribution < -0.4 is 5.32 Å². The predicted octanol–water partition coefficient (Wildman–Crippen LogP) is 3.70. The first-order chi connectivity index (χ1) is 15.2.